The number of nitrogens with zero attached hydrogens (tertiary/aromatic N) is 2. The SMILES string of the molecule is C.C.C.C.C.C.C.C.C.C.C.C.C.C.C.C.C.C#CC.C/C=C/CC.C=C(C)C.C=CC.CC(=O)O.CC1CN1.CC1CO1.CC=C(C)C.CC=CC.CC=CC.CC=O.CN.CN=C=O.CN=C=S.CO.CS.CS(=O)(=O)O. The molecular formula is C63H166N4O9S3. The molecule has 0 saturated carbocycles. The Bertz CT molecular complexity index is 1060. The molecule has 510 valence electrons. The van der Waals surface area contributed by atoms with Crippen molar-refractivity contribution in [1.29, 1.82) is 0 Å². The zero-order chi connectivity index (χ0) is 53.8. The topological polar surface area (TPSA) is 231 Å². The number of nitrogens with two attached hydrogens (primary N) is 1. The molecule has 0 bridgehead atoms. The van der Waals surface area contributed by atoms with Crippen molar-refractivity contribution in [1.82, 2.24) is 5.32 Å². The number of aliphatic imine (C=N–C) groups is 2. The molecule has 2 aliphatic heterocycles. The van der Waals surface area contributed by atoms with E-state index in [0.717, 1.165) is 39.4 Å². The summed E-state index contributed by atoms with van der Waals surface area (Å²) in [6, 6.07) is 0.833. The van der Waals surface area contributed by atoms with Crippen LogP contribution in [0.5, 0.6) is 0 Å². The van der Waals surface area contributed by atoms with Gasteiger partial charge in [-0.05, 0) is 136 Å². The number of rotatable bonds is 1. The van der Waals surface area contributed by atoms with E-state index in [1.165, 1.54) is 44.8 Å². The van der Waals surface area contributed by atoms with Gasteiger partial charge in [0.2, 0.25) is 6.08 Å². The smallest absolute Gasteiger partial charge is 0.300 e. The molecule has 2 aliphatic rings. The highest BCUT2D eigenvalue weighted by Gasteiger charge is 2.13. The number of allylic oxidation sites excluding steroid dienone is 10. The van der Waals surface area contributed by atoms with Crippen LogP contribution < -0.4 is 11.1 Å². The molecule has 0 spiro atoms. The van der Waals surface area contributed by atoms with Gasteiger partial charge in [-0.25, -0.2) is 14.8 Å². The number of carbonyl (C=O) groups excluding carboxylic acids is 2. The van der Waals surface area contributed by atoms with Gasteiger partial charge < -0.3 is 30.8 Å². The fraction of sp³-hybridized carbons (Fsp3) is 0.714. The molecular weight excluding hydrogens is 1050 g/mol. The lowest BCUT2D eigenvalue weighted by Gasteiger charge is -1.74. The summed E-state index contributed by atoms with van der Waals surface area (Å²) in [6.07, 6.45) is 26.8. The van der Waals surface area contributed by atoms with Crippen LogP contribution in [0.25, 0.3) is 0 Å². The number of aliphatic hydroxyl groups excluding tert-OH is 1. The quantitative estimate of drug-likeness (QED) is 0.0166. The molecule has 2 fully saturated rings. The first-order valence-corrected chi connectivity index (χ1v) is 22.2. The van der Waals surface area contributed by atoms with Crippen molar-refractivity contribution in [3.05, 3.63) is 72.9 Å². The number of hydrogen-bond donors (Lipinski definition) is 6. The van der Waals surface area contributed by atoms with Crippen molar-refractivity contribution in [3.8, 4) is 12.3 Å². The Morgan fingerprint density at radius 2 is 0.861 bits per heavy atom. The van der Waals surface area contributed by atoms with E-state index in [2.05, 4.69) is 129 Å². The first-order chi connectivity index (χ1) is 28.8. The zero-order valence-corrected chi connectivity index (χ0v) is 46.0. The van der Waals surface area contributed by atoms with E-state index in [1.54, 1.807) is 26.3 Å². The number of carboxylic acid groups (broad SMARTS) is 1. The van der Waals surface area contributed by atoms with Crippen LogP contribution in [0.4, 0.5) is 0 Å². The van der Waals surface area contributed by atoms with Crippen LogP contribution in [0, 0.1) is 12.3 Å². The van der Waals surface area contributed by atoms with E-state index in [-0.39, 0.29) is 126 Å². The number of aliphatic carboxylic acids is 1. The summed E-state index contributed by atoms with van der Waals surface area (Å²) in [5, 5.41) is 19.7. The number of nitrogens with one attached hydrogen (secondary N) is 1. The predicted molar refractivity (Wildman–Crippen MR) is 400 cm³/mol. The molecule has 79 heavy (non-hydrogen) atoms. The van der Waals surface area contributed by atoms with E-state index < -0.39 is 16.1 Å². The van der Waals surface area contributed by atoms with Crippen LogP contribution in [-0.2, 0) is 29.2 Å². The second kappa shape index (κ2) is 302. The minimum absolute atomic E-state index is 0. The molecule has 16 heteroatoms. The van der Waals surface area contributed by atoms with Crippen molar-refractivity contribution in [2.24, 2.45) is 15.7 Å². The Hall–Kier alpha value is -3.58. The summed E-state index contributed by atoms with van der Waals surface area (Å²) in [4.78, 5) is 32.9. The Morgan fingerprint density at radius 1 is 0.747 bits per heavy atom. The Kier molecular flexibility index (Phi) is 848. The third-order valence-corrected chi connectivity index (χ3v) is 3.19. The average Bonchev–Trinajstić information content (AvgIpc) is 4.18. The van der Waals surface area contributed by atoms with Gasteiger partial charge in [0.15, 0.2) is 0 Å². The molecule has 2 rings (SSSR count). The highest BCUT2D eigenvalue weighted by molar-refractivity contribution is 7.85. The van der Waals surface area contributed by atoms with E-state index in [0.29, 0.717) is 12.4 Å². The molecule has 2 unspecified atom stereocenters. The van der Waals surface area contributed by atoms with E-state index in [4.69, 9.17) is 33.9 Å². The van der Waals surface area contributed by atoms with Crippen LogP contribution in [0.1, 0.15) is 250 Å². The number of carboxylic acids is 1. The number of thiol groups is 1. The second-order valence-corrected chi connectivity index (χ2v) is 11.8. The van der Waals surface area contributed by atoms with Crippen LogP contribution in [0.3, 0.4) is 0 Å². The van der Waals surface area contributed by atoms with Gasteiger partial charge in [0.05, 0.1) is 24.1 Å². The van der Waals surface area contributed by atoms with Crippen LogP contribution in [0.2, 0.25) is 0 Å². The predicted octanol–water partition coefficient (Wildman–Crippen LogP) is 21.9. The van der Waals surface area contributed by atoms with Crippen molar-refractivity contribution < 1.29 is 42.3 Å². The number of isothiocyanates is 1. The normalized spacial score (nSPS) is 8.53. The van der Waals surface area contributed by atoms with Crippen molar-refractivity contribution in [2.45, 2.75) is 263 Å². The highest BCUT2D eigenvalue weighted by atomic mass is 32.2. The molecule has 13 nitrogen and oxygen atoms in total. The summed E-state index contributed by atoms with van der Waals surface area (Å²) in [7, 11) is 1.81. The van der Waals surface area contributed by atoms with Crippen LogP contribution in [-0.4, -0.2) is 113 Å². The Labute approximate surface area is 520 Å². The monoisotopic (exact) mass is 1220 g/mol. The lowest BCUT2D eigenvalue weighted by Crippen LogP contribution is -1.88. The third-order valence-electron chi connectivity index (χ3n) is 3.01. The molecule has 0 aromatic rings. The standard InChI is InChI=1S/2C5H10.3C4H8.C3H7N.C3H6O.C3H6.C3H4.C2H3NO.C2H3NS.C2H4O2.C2H4O.CH5N.CH4O3S.CH4O.CH4S.17CH4/c1-4-5(2)3;1-3-5-4-2;1-4(2)3;2*1-3-4-2;2*1-3-2-4-3;2*1-3-2;2*1-3-2-4;1-2(3)4;1-2-3;1-2;1-5(2,3)4;2*1-2;;;;;;;;;;;;;;;;;/h4H,1-3H3;3,5H,4H2,1-2H3;1H2,2-3H3;2*3-4H,1-2H3;3-4H,2H2,1H3;3H,2H2,1H3;3H,1H2,2H3;1H,2H3;2*1H3;1H3,(H,3,4);2H,1H3;2H2,1H3;1H3,(H,2,3,4);2*2H,1H3;17*1H4/b;5-3+;;;;;;;;;;;;;;;;;;;;;;;;;;;;;;;;. The number of aliphatic hydroxyl groups is 1. The number of ether oxygens (including phenoxy) is 1. The zero-order valence-electron chi connectivity index (χ0n) is 43.5. The molecule has 0 amide bonds. The van der Waals surface area contributed by atoms with Gasteiger partial charge in [-0.1, -0.05) is 193 Å². The summed E-state index contributed by atoms with van der Waals surface area (Å²) in [5.41, 5.74) is 7.05. The molecule has 0 radical (unpaired) electrons. The maximum atomic E-state index is 9.19. The van der Waals surface area contributed by atoms with Crippen LogP contribution >= 0.6 is 24.8 Å². The Balaban J connectivity index is -0.00000000982. The molecule has 2 heterocycles. The van der Waals surface area contributed by atoms with Gasteiger partial charge in [0.25, 0.3) is 16.1 Å². The van der Waals surface area contributed by atoms with Crippen molar-refractivity contribution in [2.75, 3.05) is 53.9 Å². The van der Waals surface area contributed by atoms with Crippen molar-refractivity contribution >= 4 is 58.5 Å². The van der Waals surface area contributed by atoms with Gasteiger partial charge in [0.1, 0.15) is 6.29 Å². The van der Waals surface area contributed by atoms with Crippen LogP contribution in [0.15, 0.2) is 82.9 Å². The average molecular weight is 1220 g/mol. The minimum Gasteiger partial charge on any atom is -0.481 e. The van der Waals surface area contributed by atoms with E-state index in [9.17, 15) is 8.42 Å². The van der Waals surface area contributed by atoms with E-state index >= 15 is 0 Å². The first kappa shape index (κ1) is 222. The maximum Gasteiger partial charge on any atom is 0.300 e. The van der Waals surface area contributed by atoms with E-state index in [1.807, 2.05) is 86.6 Å². The fourth-order valence-corrected chi connectivity index (χ4v) is 0.450. The lowest BCUT2D eigenvalue weighted by atomic mass is 10.3. The summed E-state index contributed by atoms with van der Waals surface area (Å²) >= 11 is 7.66. The molecule has 0 aromatic heterocycles. The largest absolute Gasteiger partial charge is 0.481 e. The molecule has 2 atom stereocenters. The molecule has 0 aromatic carbocycles. The molecule has 6 N–H and O–H groups in total. The van der Waals surface area contributed by atoms with Gasteiger partial charge in [-0.2, -0.15) is 21.0 Å². The number of aldehydes is 1. The minimum atomic E-state index is -3.67. The molecule has 0 aliphatic carbocycles. The third kappa shape index (κ3) is 3590. The van der Waals surface area contributed by atoms with Gasteiger partial charge in [-0.15, -0.1) is 25.5 Å². The summed E-state index contributed by atoms with van der Waals surface area (Å²) in [5.74, 6) is 1.42. The summed E-state index contributed by atoms with van der Waals surface area (Å²) < 4.78 is 30.6. The number of thiocarbonyl (C=S) groups is 1. The number of terminal acetylenes is 1. The van der Waals surface area contributed by atoms with Crippen molar-refractivity contribution in [3.63, 3.8) is 0 Å². The van der Waals surface area contributed by atoms with Gasteiger partial charge >= 0.3 is 0 Å². The number of hydrogen-bond acceptors (Lipinski definition) is 13. The Morgan fingerprint density at radius 3 is 0.861 bits per heavy atom. The van der Waals surface area contributed by atoms with Gasteiger partial charge in [-0.3, -0.25) is 9.35 Å². The number of carbonyl (C=O) groups is 2. The summed E-state index contributed by atoms with van der Waals surface area (Å²) in [6.45, 7) is 41.7. The first-order valence-electron chi connectivity index (χ1n) is 19.0. The fourth-order valence-electron chi connectivity index (χ4n) is 0.450. The lowest BCUT2D eigenvalue weighted by molar-refractivity contribution is -0.134. The second-order valence-electron chi connectivity index (χ2n) is 10.2. The number of epoxide rings is 1. The maximum absolute atomic E-state index is 9.19. The molecule has 2 saturated heterocycles. The van der Waals surface area contributed by atoms with Gasteiger partial charge in [0, 0.05) is 40.7 Å². The highest BCUT2D eigenvalue weighted by Crippen LogP contribution is 2.04. The number of isocyanates is 1.